The molecular weight excluding hydrogens is 298 g/mol. The lowest BCUT2D eigenvalue weighted by Gasteiger charge is -2.44. The molecule has 2 fully saturated rings. The third kappa shape index (κ3) is 3.34. The first kappa shape index (κ1) is 17.4. The number of hydrogen-bond acceptors (Lipinski definition) is 3. The van der Waals surface area contributed by atoms with Crippen LogP contribution in [0.2, 0.25) is 0 Å². The number of carbonyl (C=O) groups excluding carboxylic acids is 1. The van der Waals surface area contributed by atoms with Gasteiger partial charge in [-0.15, -0.1) is 0 Å². The van der Waals surface area contributed by atoms with E-state index in [2.05, 4.69) is 35.1 Å². The Morgan fingerprint density at radius 1 is 1.25 bits per heavy atom. The summed E-state index contributed by atoms with van der Waals surface area (Å²) in [6.45, 7) is 6.36. The molecule has 24 heavy (non-hydrogen) atoms. The van der Waals surface area contributed by atoms with Crippen LogP contribution in [-0.4, -0.2) is 34.4 Å². The summed E-state index contributed by atoms with van der Waals surface area (Å²) < 4.78 is 0. The summed E-state index contributed by atoms with van der Waals surface area (Å²) in [6.07, 6.45) is 10.8. The number of nitrogens with zero attached hydrogens (tertiary/aromatic N) is 2. The molecule has 1 N–H and O–H groups in total. The zero-order valence-electron chi connectivity index (χ0n) is 15.2. The molecule has 1 aromatic rings. The Kier molecular flexibility index (Phi) is 5.54. The molecule has 0 aromatic carbocycles. The Hall–Kier alpha value is -1.42. The SMILES string of the molecule is CC[C@H](NC(=O)C1(N2CCCC2)CCCCC1)c1ncccc1C. The van der Waals surface area contributed by atoms with Crippen molar-refractivity contribution < 1.29 is 4.79 Å². The molecule has 1 aromatic heterocycles. The molecule has 1 saturated carbocycles. The number of likely N-dealkylation sites (tertiary alicyclic amines) is 1. The van der Waals surface area contributed by atoms with Gasteiger partial charge < -0.3 is 5.32 Å². The molecule has 1 saturated heterocycles. The van der Waals surface area contributed by atoms with Crippen molar-refractivity contribution in [1.29, 1.82) is 0 Å². The molecule has 1 atom stereocenters. The first-order chi connectivity index (χ1) is 11.7. The highest BCUT2D eigenvalue weighted by Gasteiger charge is 2.45. The van der Waals surface area contributed by atoms with E-state index in [9.17, 15) is 4.79 Å². The Balaban J connectivity index is 1.80. The van der Waals surface area contributed by atoms with Crippen molar-refractivity contribution in [1.82, 2.24) is 15.2 Å². The molecule has 132 valence electrons. The fourth-order valence-electron chi connectivity index (χ4n) is 4.49. The van der Waals surface area contributed by atoms with Crippen molar-refractivity contribution in [2.24, 2.45) is 0 Å². The number of pyridine rings is 1. The van der Waals surface area contributed by atoms with E-state index >= 15 is 0 Å². The molecule has 4 nitrogen and oxygen atoms in total. The quantitative estimate of drug-likeness (QED) is 0.895. The van der Waals surface area contributed by atoms with Crippen molar-refractivity contribution in [3.05, 3.63) is 29.6 Å². The summed E-state index contributed by atoms with van der Waals surface area (Å²) in [4.78, 5) is 20.4. The van der Waals surface area contributed by atoms with Crippen LogP contribution in [0.3, 0.4) is 0 Å². The van der Waals surface area contributed by atoms with Crippen molar-refractivity contribution in [3.63, 3.8) is 0 Å². The predicted molar refractivity (Wildman–Crippen MR) is 96.8 cm³/mol. The molecule has 2 heterocycles. The van der Waals surface area contributed by atoms with Crippen LogP contribution in [-0.2, 0) is 4.79 Å². The van der Waals surface area contributed by atoms with E-state index in [0.29, 0.717) is 0 Å². The highest BCUT2D eigenvalue weighted by atomic mass is 16.2. The third-order valence-electron chi connectivity index (χ3n) is 5.91. The van der Waals surface area contributed by atoms with Gasteiger partial charge in [-0.1, -0.05) is 32.3 Å². The van der Waals surface area contributed by atoms with Gasteiger partial charge in [0.25, 0.3) is 0 Å². The van der Waals surface area contributed by atoms with Crippen LogP contribution in [0.4, 0.5) is 0 Å². The fraction of sp³-hybridized carbons (Fsp3) is 0.700. The van der Waals surface area contributed by atoms with Gasteiger partial charge in [0, 0.05) is 6.20 Å². The number of nitrogens with one attached hydrogen (secondary N) is 1. The third-order valence-corrected chi connectivity index (χ3v) is 5.91. The summed E-state index contributed by atoms with van der Waals surface area (Å²) in [7, 11) is 0. The molecule has 2 aliphatic rings. The molecule has 1 amide bonds. The summed E-state index contributed by atoms with van der Waals surface area (Å²) >= 11 is 0. The maximum atomic E-state index is 13.4. The van der Waals surface area contributed by atoms with Crippen LogP contribution >= 0.6 is 0 Å². The van der Waals surface area contributed by atoms with E-state index in [1.165, 1.54) is 32.1 Å². The largest absolute Gasteiger partial charge is 0.346 e. The first-order valence-corrected chi connectivity index (χ1v) is 9.65. The smallest absolute Gasteiger partial charge is 0.241 e. The highest BCUT2D eigenvalue weighted by molar-refractivity contribution is 5.87. The van der Waals surface area contributed by atoms with Gasteiger partial charge in [-0.3, -0.25) is 14.7 Å². The summed E-state index contributed by atoms with van der Waals surface area (Å²) in [5.41, 5.74) is 1.90. The van der Waals surface area contributed by atoms with Crippen LogP contribution in [0.15, 0.2) is 18.3 Å². The molecule has 3 rings (SSSR count). The monoisotopic (exact) mass is 329 g/mol. The standard InChI is InChI=1S/C20H31N3O/c1-3-17(18-16(2)10-9-13-21-18)22-19(24)20(11-5-4-6-12-20)23-14-7-8-15-23/h9-10,13,17H,3-8,11-12,14-15H2,1-2H3,(H,22,24)/t17-/m0/s1. The van der Waals surface area contributed by atoms with Gasteiger partial charge >= 0.3 is 0 Å². The Morgan fingerprint density at radius 2 is 1.96 bits per heavy atom. The molecule has 4 heteroatoms. The van der Waals surface area contributed by atoms with Crippen LogP contribution in [0.25, 0.3) is 0 Å². The lowest BCUT2D eigenvalue weighted by Crippen LogP contribution is -2.59. The van der Waals surface area contributed by atoms with E-state index in [0.717, 1.165) is 43.6 Å². The molecular formula is C20H31N3O. The van der Waals surface area contributed by atoms with Crippen LogP contribution in [0, 0.1) is 6.92 Å². The van der Waals surface area contributed by atoms with E-state index in [1.54, 1.807) is 0 Å². The fourth-order valence-corrected chi connectivity index (χ4v) is 4.49. The average molecular weight is 329 g/mol. The zero-order chi connectivity index (χ0) is 17.0. The average Bonchev–Trinajstić information content (AvgIpc) is 3.16. The molecule has 0 unspecified atom stereocenters. The van der Waals surface area contributed by atoms with E-state index in [4.69, 9.17) is 0 Å². The minimum Gasteiger partial charge on any atom is -0.346 e. The first-order valence-electron chi connectivity index (χ1n) is 9.65. The van der Waals surface area contributed by atoms with Crippen molar-refractivity contribution in [2.75, 3.05) is 13.1 Å². The lowest BCUT2D eigenvalue weighted by molar-refractivity contribution is -0.136. The summed E-state index contributed by atoms with van der Waals surface area (Å²) in [5.74, 6) is 0.237. The number of carbonyl (C=O) groups is 1. The summed E-state index contributed by atoms with van der Waals surface area (Å²) in [6, 6.07) is 4.05. The van der Waals surface area contributed by atoms with E-state index < -0.39 is 0 Å². The topological polar surface area (TPSA) is 45.2 Å². The Morgan fingerprint density at radius 3 is 2.58 bits per heavy atom. The maximum Gasteiger partial charge on any atom is 0.241 e. The van der Waals surface area contributed by atoms with Crippen molar-refractivity contribution in [3.8, 4) is 0 Å². The highest BCUT2D eigenvalue weighted by Crippen LogP contribution is 2.37. The Bertz CT molecular complexity index is 560. The number of aryl methyl sites for hydroxylation is 1. The molecule has 1 aliphatic carbocycles. The predicted octanol–water partition coefficient (Wildman–Crippen LogP) is 3.76. The van der Waals surface area contributed by atoms with Gasteiger partial charge in [-0.25, -0.2) is 0 Å². The normalized spacial score (nSPS) is 22.2. The second-order valence-electron chi connectivity index (χ2n) is 7.43. The number of rotatable bonds is 5. The second-order valence-corrected chi connectivity index (χ2v) is 7.43. The minimum absolute atomic E-state index is 0.0140. The number of hydrogen-bond donors (Lipinski definition) is 1. The van der Waals surface area contributed by atoms with Gasteiger partial charge in [-0.05, 0) is 63.7 Å². The number of amides is 1. The zero-order valence-corrected chi connectivity index (χ0v) is 15.2. The molecule has 0 spiro atoms. The van der Waals surface area contributed by atoms with E-state index in [-0.39, 0.29) is 17.5 Å². The van der Waals surface area contributed by atoms with Gasteiger partial charge in [0.15, 0.2) is 0 Å². The van der Waals surface area contributed by atoms with Crippen LogP contribution in [0.1, 0.15) is 75.6 Å². The van der Waals surface area contributed by atoms with Gasteiger partial charge in [-0.2, -0.15) is 0 Å². The molecule has 0 bridgehead atoms. The van der Waals surface area contributed by atoms with Crippen LogP contribution < -0.4 is 5.32 Å². The van der Waals surface area contributed by atoms with Crippen molar-refractivity contribution in [2.45, 2.75) is 76.8 Å². The second kappa shape index (κ2) is 7.64. The summed E-state index contributed by atoms with van der Waals surface area (Å²) in [5, 5.41) is 3.37. The minimum atomic E-state index is -0.273. The van der Waals surface area contributed by atoms with Gasteiger partial charge in [0.2, 0.25) is 5.91 Å². The Labute approximate surface area is 146 Å². The van der Waals surface area contributed by atoms with Crippen LogP contribution in [0.5, 0.6) is 0 Å². The molecule has 0 radical (unpaired) electrons. The lowest BCUT2D eigenvalue weighted by atomic mass is 9.79. The number of aromatic nitrogens is 1. The van der Waals surface area contributed by atoms with Gasteiger partial charge in [0.1, 0.15) is 5.54 Å². The maximum absolute atomic E-state index is 13.4. The molecule has 1 aliphatic heterocycles. The van der Waals surface area contributed by atoms with Crippen molar-refractivity contribution >= 4 is 5.91 Å². The van der Waals surface area contributed by atoms with Gasteiger partial charge in [0.05, 0.1) is 11.7 Å². The van der Waals surface area contributed by atoms with E-state index in [1.807, 2.05) is 12.3 Å².